The Hall–Kier alpha value is -2.10. The monoisotopic (exact) mass is 227 g/mol. The molecule has 2 heterocycles. The zero-order chi connectivity index (χ0) is 12.2. The zero-order valence-corrected chi connectivity index (χ0v) is 10.0. The molecule has 0 saturated heterocycles. The van der Waals surface area contributed by atoms with Crippen LogP contribution in [-0.2, 0) is 7.05 Å². The van der Waals surface area contributed by atoms with Crippen LogP contribution in [0.3, 0.4) is 0 Å². The number of pyridine rings is 1. The highest BCUT2D eigenvalue weighted by Gasteiger charge is 2.11. The van der Waals surface area contributed by atoms with E-state index in [2.05, 4.69) is 9.97 Å². The molecule has 0 aliphatic heterocycles. The van der Waals surface area contributed by atoms with E-state index in [0.29, 0.717) is 0 Å². The van der Waals surface area contributed by atoms with Gasteiger partial charge in [-0.15, -0.1) is 0 Å². The van der Waals surface area contributed by atoms with E-state index in [-0.39, 0.29) is 5.56 Å². The number of hydrogen-bond acceptors (Lipinski definition) is 2. The number of aromatic amines is 1. The minimum absolute atomic E-state index is 0.0442. The van der Waals surface area contributed by atoms with E-state index in [4.69, 9.17) is 0 Å². The quantitative estimate of drug-likeness (QED) is 0.639. The Labute approximate surface area is 97.9 Å². The molecule has 86 valence electrons. The predicted octanol–water partition coefficient (Wildman–Crippen LogP) is 2.03. The Bertz CT molecular complexity index is 796. The van der Waals surface area contributed by atoms with Crippen LogP contribution in [0, 0.1) is 13.8 Å². The summed E-state index contributed by atoms with van der Waals surface area (Å²) in [4.78, 5) is 19.3. The Morgan fingerprint density at radius 1 is 1.29 bits per heavy atom. The van der Waals surface area contributed by atoms with Crippen LogP contribution < -0.4 is 5.56 Å². The summed E-state index contributed by atoms with van der Waals surface area (Å²) < 4.78 is 1.89. The molecule has 3 aromatic rings. The number of rotatable bonds is 0. The molecule has 0 atom stereocenters. The maximum atomic E-state index is 12.1. The lowest BCUT2D eigenvalue weighted by molar-refractivity contribution is 0.949. The van der Waals surface area contributed by atoms with Crippen LogP contribution in [-0.4, -0.2) is 14.5 Å². The third-order valence-electron chi connectivity index (χ3n) is 3.37. The summed E-state index contributed by atoms with van der Waals surface area (Å²) in [6.45, 7) is 3.94. The summed E-state index contributed by atoms with van der Waals surface area (Å²) in [5.41, 5.74) is 3.74. The average molecular weight is 227 g/mol. The Morgan fingerprint density at radius 2 is 2.06 bits per heavy atom. The smallest absolute Gasteiger partial charge is 0.258 e. The fourth-order valence-electron chi connectivity index (χ4n) is 2.32. The first-order valence-electron chi connectivity index (χ1n) is 5.53. The summed E-state index contributed by atoms with van der Waals surface area (Å²) in [6.07, 6.45) is 1.73. The topological polar surface area (TPSA) is 50.7 Å². The number of hydrogen-bond donors (Lipinski definition) is 1. The van der Waals surface area contributed by atoms with Gasteiger partial charge in [-0.3, -0.25) is 4.79 Å². The van der Waals surface area contributed by atoms with E-state index in [1.807, 2.05) is 37.6 Å². The number of nitrogens with one attached hydrogen (secondary N) is 1. The van der Waals surface area contributed by atoms with Crippen molar-refractivity contribution in [2.24, 2.45) is 7.05 Å². The molecule has 2 aromatic heterocycles. The highest BCUT2D eigenvalue weighted by Crippen LogP contribution is 2.24. The third-order valence-corrected chi connectivity index (χ3v) is 3.37. The number of aryl methyl sites for hydroxylation is 3. The molecule has 0 amide bonds. The molecule has 0 aliphatic rings. The van der Waals surface area contributed by atoms with Crippen molar-refractivity contribution in [2.75, 3.05) is 0 Å². The first-order valence-corrected chi connectivity index (χ1v) is 5.53. The summed E-state index contributed by atoms with van der Waals surface area (Å²) >= 11 is 0. The maximum absolute atomic E-state index is 12.1. The van der Waals surface area contributed by atoms with Crippen molar-refractivity contribution in [2.45, 2.75) is 13.8 Å². The van der Waals surface area contributed by atoms with E-state index in [1.54, 1.807) is 6.33 Å². The van der Waals surface area contributed by atoms with Crippen molar-refractivity contribution in [1.29, 1.82) is 0 Å². The van der Waals surface area contributed by atoms with Crippen molar-refractivity contribution in [3.8, 4) is 0 Å². The molecule has 0 unspecified atom stereocenters. The lowest BCUT2D eigenvalue weighted by atomic mass is 10.0. The van der Waals surface area contributed by atoms with Gasteiger partial charge in [-0.1, -0.05) is 6.07 Å². The van der Waals surface area contributed by atoms with Crippen molar-refractivity contribution in [3.05, 3.63) is 40.1 Å². The molecular formula is C13H13N3O. The lowest BCUT2D eigenvalue weighted by Gasteiger charge is -2.06. The molecule has 0 bridgehead atoms. The van der Waals surface area contributed by atoms with Crippen LogP contribution in [0.1, 0.15) is 11.3 Å². The van der Waals surface area contributed by atoms with Gasteiger partial charge in [0.05, 0.1) is 22.7 Å². The molecule has 4 heteroatoms. The van der Waals surface area contributed by atoms with Gasteiger partial charge < -0.3 is 9.55 Å². The molecule has 1 N–H and O–H groups in total. The van der Waals surface area contributed by atoms with E-state index >= 15 is 0 Å². The summed E-state index contributed by atoms with van der Waals surface area (Å²) in [7, 11) is 1.91. The number of aromatic nitrogens is 3. The molecular weight excluding hydrogens is 214 g/mol. The minimum Gasteiger partial charge on any atom is -0.333 e. The largest absolute Gasteiger partial charge is 0.333 e. The zero-order valence-electron chi connectivity index (χ0n) is 10.0. The van der Waals surface area contributed by atoms with Crippen LogP contribution in [0.25, 0.3) is 21.8 Å². The third kappa shape index (κ3) is 1.24. The van der Waals surface area contributed by atoms with Crippen LogP contribution >= 0.6 is 0 Å². The second-order valence-corrected chi connectivity index (χ2v) is 4.42. The Kier molecular flexibility index (Phi) is 1.90. The van der Waals surface area contributed by atoms with Gasteiger partial charge in [0, 0.05) is 12.7 Å². The molecule has 17 heavy (non-hydrogen) atoms. The predicted molar refractivity (Wildman–Crippen MR) is 68.3 cm³/mol. The van der Waals surface area contributed by atoms with Gasteiger partial charge in [-0.05, 0) is 30.9 Å². The van der Waals surface area contributed by atoms with Gasteiger partial charge in [0.15, 0.2) is 0 Å². The molecule has 0 aliphatic carbocycles. The Morgan fingerprint density at radius 3 is 2.82 bits per heavy atom. The maximum Gasteiger partial charge on any atom is 0.258 e. The van der Waals surface area contributed by atoms with E-state index in [9.17, 15) is 4.79 Å². The SMILES string of the molecule is Cc1[nH]c(=O)c2c(ccc3ncn(C)c32)c1C. The molecule has 0 spiro atoms. The van der Waals surface area contributed by atoms with Gasteiger partial charge in [0.25, 0.3) is 5.56 Å². The van der Waals surface area contributed by atoms with Crippen LogP contribution in [0.15, 0.2) is 23.3 Å². The number of imidazole rings is 1. The van der Waals surface area contributed by atoms with Crippen molar-refractivity contribution < 1.29 is 0 Å². The van der Waals surface area contributed by atoms with Crippen LogP contribution in [0.4, 0.5) is 0 Å². The highest BCUT2D eigenvalue weighted by molar-refractivity contribution is 6.05. The highest BCUT2D eigenvalue weighted by atomic mass is 16.1. The number of fused-ring (bicyclic) bond motifs is 3. The molecule has 0 saturated carbocycles. The average Bonchev–Trinajstić information content (AvgIpc) is 2.67. The van der Waals surface area contributed by atoms with Crippen molar-refractivity contribution in [3.63, 3.8) is 0 Å². The standard InChI is InChI=1S/C13H13N3O/c1-7-8(2)15-13(17)11-9(7)4-5-10-12(11)16(3)6-14-10/h4-6H,1-3H3,(H,15,17). The van der Waals surface area contributed by atoms with Crippen LogP contribution in [0.2, 0.25) is 0 Å². The van der Waals surface area contributed by atoms with Gasteiger partial charge in [-0.25, -0.2) is 4.98 Å². The molecule has 0 fully saturated rings. The minimum atomic E-state index is -0.0442. The first kappa shape index (κ1) is 10.1. The summed E-state index contributed by atoms with van der Waals surface area (Å²) in [5.74, 6) is 0. The molecule has 1 aromatic carbocycles. The number of benzene rings is 1. The Balaban J connectivity index is 2.72. The number of H-pyrrole nitrogens is 1. The van der Waals surface area contributed by atoms with E-state index in [1.165, 1.54) is 0 Å². The van der Waals surface area contributed by atoms with Crippen molar-refractivity contribution in [1.82, 2.24) is 14.5 Å². The lowest BCUT2D eigenvalue weighted by Crippen LogP contribution is -2.10. The normalized spacial score (nSPS) is 11.5. The summed E-state index contributed by atoms with van der Waals surface area (Å²) in [6, 6.07) is 3.94. The molecule has 0 radical (unpaired) electrons. The fraction of sp³-hybridized carbons (Fsp3) is 0.231. The molecule has 3 rings (SSSR count). The second-order valence-electron chi connectivity index (χ2n) is 4.42. The van der Waals surface area contributed by atoms with Gasteiger partial charge in [0.2, 0.25) is 0 Å². The van der Waals surface area contributed by atoms with Gasteiger partial charge >= 0.3 is 0 Å². The molecule has 4 nitrogen and oxygen atoms in total. The first-order chi connectivity index (χ1) is 8.09. The second kappa shape index (κ2) is 3.20. The van der Waals surface area contributed by atoms with E-state index in [0.717, 1.165) is 33.1 Å². The van der Waals surface area contributed by atoms with Crippen LogP contribution in [0.5, 0.6) is 0 Å². The van der Waals surface area contributed by atoms with Crippen molar-refractivity contribution >= 4 is 21.8 Å². The summed E-state index contributed by atoms with van der Waals surface area (Å²) in [5, 5.41) is 1.73. The van der Waals surface area contributed by atoms with Gasteiger partial charge in [-0.2, -0.15) is 0 Å². The number of nitrogens with zero attached hydrogens (tertiary/aromatic N) is 2. The van der Waals surface area contributed by atoms with E-state index < -0.39 is 0 Å². The van der Waals surface area contributed by atoms with Gasteiger partial charge in [0.1, 0.15) is 0 Å². The fourth-order valence-corrected chi connectivity index (χ4v) is 2.32.